The summed E-state index contributed by atoms with van der Waals surface area (Å²) in [4.78, 5) is 2.83. The van der Waals surface area contributed by atoms with Crippen LogP contribution in [0.4, 0.5) is 0 Å². The second kappa shape index (κ2) is 8.16. The van der Waals surface area contributed by atoms with E-state index in [0.29, 0.717) is 0 Å². The zero-order valence-electron chi connectivity index (χ0n) is 12.2. The van der Waals surface area contributed by atoms with Gasteiger partial charge < -0.3 is 4.74 Å². The Bertz CT molecular complexity index is 189. The van der Waals surface area contributed by atoms with E-state index in [2.05, 4.69) is 11.8 Å². The van der Waals surface area contributed by atoms with Crippen molar-refractivity contribution in [2.24, 2.45) is 0 Å². The van der Waals surface area contributed by atoms with Gasteiger partial charge >= 0.3 is 0 Å². The lowest BCUT2D eigenvalue weighted by molar-refractivity contribution is 0.0411. The summed E-state index contributed by atoms with van der Waals surface area (Å²) in [5.41, 5.74) is 0. The molecule has 0 saturated heterocycles. The van der Waals surface area contributed by atoms with Crippen LogP contribution in [0.2, 0.25) is 0 Å². The zero-order valence-corrected chi connectivity index (χ0v) is 12.2. The Morgan fingerprint density at radius 3 is 1.78 bits per heavy atom. The molecule has 18 heavy (non-hydrogen) atoms. The molecule has 2 saturated carbocycles. The van der Waals surface area contributed by atoms with Gasteiger partial charge in [0.2, 0.25) is 0 Å². The molecule has 2 aliphatic carbocycles. The Morgan fingerprint density at radius 2 is 1.33 bits per heavy atom. The molecule has 0 aromatic heterocycles. The van der Waals surface area contributed by atoms with Gasteiger partial charge in [-0.2, -0.15) is 0 Å². The first-order valence-electron chi connectivity index (χ1n) is 8.25. The van der Waals surface area contributed by atoms with Crippen LogP contribution >= 0.6 is 0 Å². The van der Waals surface area contributed by atoms with Crippen molar-refractivity contribution < 1.29 is 4.74 Å². The second-order valence-electron chi connectivity index (χ2n) is 6.02. The molecule has 0 amide bonds. The Hall–Kier alpha value is -0.0800. The van der Waals surface area contributed by atoms with Gasteiger partial charge in [0.25, 0.3) is 0 Å². The highest BCUT2D eigenvalue weighted by Crippen LogP contribution is 2.29. The van der Waals surface area contributed by atoms with E-state index in [0.717, 1.165) is 25.3 Å². The van der Waals surface area contributed by atoms with Gasteiger partial charge in [0.1, 0.15) is 0 Å². The van der Waals surface area contributed by atoms with Crippen molar-refractivity contribution in [2.45, 2.75) is 83.2 Å². The highest BCUT2D eigenvalue weighted by Gasteiger charge is 2.28. The van der Waals surface area contributed by atoms with Crippen LogP contribution in [0.1, 0.15) is 71.1 Å². The molecule has 0 aromatic carbocycles. The molecule has 2 rings (SSSR count). The van der Waals surface area contributed by atoms with Crippen molar-refractivity contribution in [3.63, 3.8) is 0 Å². The molecule has 2 fully saturated rings. The number of ether oxygens (including phenoxy) is 1. The number of hydrogen-bond donors (Lipinski definition) is 0. The van der Waals surface area contributed by atoms with Gasteiger partial charge in [-0.1, -0.05) is 38.5 Å². The lowest BCUT2D eigenvalue weighted by Gasteiger charge is -2.41. The van der Waals surface area contributed by atoms with Gasteiger partial charge in [0.05, 0.1) is 6.61 Å². The van der Waals surface area contributed by atoms with Crippen LogP contribution in [0, 0.1) is 0 Å². The molecular weight excluding hydrogens is 222 g/mol. The lowest BCUT2D eigenvalue weighted by Crippen LogP contribution is -2.46. The molecule has 0 aromatic rings. The summed E-state index contributed by atoms with van der Waals surface area (Å²) >= 11 is 0. The highest BCUT2D eigenvalue weighted by molar-refractivity contribution is 4.83. The van der Waals surface area contributed by atoms with E-state index in [1.54, 1.807) is 0 Å². The molecular formula is C16H31NO. The molecule has 0 radical (unpaired) electrons. The topological polar surface area (TPSA) is 12.5 Å². The van der Waals surface area contributed by atoms with Crippen LogP contribution in [0.15, 0.2) is 0 Å². The molecule has 0 aliphatic heterocycles. The molecule has 106 valence electrons. The second-order valence-corrected chi connectivity index (χ2v) is 6.02. The summed E-state index contributed by atoms with van der Waals surface area (Å²) < 4.78 is 5.60. The fourth-order valence-corrected chi connectivity index (χ4v) is 3.80. The predicted molar refractivity (Wildman–Crippen MR) is 76.9 cm³/mol. The van der Waals surface area contributed by atoms with Crippen molar-refractivity contribution in [1.29, 1.82) is 0 Å². The van der Waals surface area contributed by atoms with E-state index in [9.17, 15) is 0 Å². The van der Waals surface area contributed by atoms with Crippen LogP contribution in [0.5, 0.6) is 0 Å². The highest BCUT2D eigenvalue weighted by atomic mass is 16.5. The van der Waals surface area contributed by atoms with Crippen molar-refractivity contribution in [2.75, 3.05) is 19.8 Å². The first-order valence-corrected chi connectivity index (χ1v) is 8.25. The molecule has 2 nitrogen and oxygen atoms in total. The van der Waals surface area contributed by atoms with Crippen LogP contribution in [0.25, 0.3) is 0 Å². The van der Waals surface area contributed by atoms with Crippen molar-refractivity contribution >= 4 is 0 Å². The normalized spacial score (nSPS) is 23.7. The van der Waals surface area contributed by atoms with Crippen LogP contribution < -0.4 is 0 Å². The summed E-state index contributed by atoms with van der Waals surface area (Å²) in [5, 5.41) is 0. The maximum Gasteiger partial charge on any atom is 0.0593 e. The molecule has 0 unspecified atom stereocenters. The lowest BCUT2D eigenvalue weighted by atomic mass is 9.88. The zero-order chi connectivity index (χ0) is 12.6. The summed E-state index contributed by atoms with van der Waals surface area (Å²) in [6, 6.07) is 1.73. The summed E-state index contributed by atoms with van der Waals surface area (Å²) in [6.45, 7) is 5.07. The Labute approximate surface area is 113 Å². The van der Waals surface area contributed by atoms with E-state index < -0.39 is 0 Å². The smallest absolute Gasteiger partial charge is 0.0593 e. The average Bonchev–Trinajstić information content (AvgIpc) is 2.46. The van der Waals surface area contributed by atoms with Crippen molar-refractivity contribution in [3.8, 4) is 0 Å². The van der Waals surface area contributed by atoms with Crippen molar-refractivity contribution in [3.05, 3.63) is 0 Å². The van der Waals surface area contributed by atoms with Crippen LogP contribution in [-0.2, 0) is 4.74 Å². The minimum atomic E-state index is 0.863. The molecule has 2 aliphatic rings. The molecule has 0 spiro atoms. The molecule has 0 heterocycles. The summed E-state index contributed by atoms with van der Waals surface area (Å²) in [5.74, 6) is 0. The quantitative estimate of drug-likeness (QED) is 0.664. The average molecular weight is 253 g/mol. The standard InChI is InChI=1S/C16H31NO/c1-2-18-14-13-17(15-9-5-3-6-10-15)16-11-7-4-8-12-16/h15-16H,2-14H2,1H3. The third kappa shape index (κ3) is 4.24. The van der Waals surface area contributed by atoms with Crippen LogP contribution in [-0.4, -0.2) is 36.7 Å². The van der Waals surface area contributed by atoms with E-state index in [1.165, 1.54) is 70.8 Å². The first kappa shape index (κ1) is 14.3. The molecule has 2 heteroatoms. The summed E-state index contributed by atoms with van der Waals surface area (Å²) in [7, 11) is 0. The van der Waals surface area contributed by atoms with Gasteiger partial charge in [-0.3, -0.25) is 4.90 Å². The van der Waals surface area contributed by atoms with Crippen LogP contribution in [0.3, 0.4) is 0 Å². The minimum Gasteiger partial charge on any atom is -0.380 e. The largest absolute Gasteiger partial charge is 0.380 e. The fraction of sp³-hybridized carbons (Fsp3) is 1.00. The fourth-order valence-electron chi connectivity index (χ4n) is 3.80. The van der Waals surface area contributed by atoms with Gasteiger partial charge in [-0.05, 0) is 32.6 Å². The van der Waals surface area contributed by atoms with Gasteiger partial charge in [0.15, 0.2) is 0 Å². The molecule has 0 atom stereocenters. The van der Waals surface area contributed by atoms with E-state index in [-0.39, 0.29) is 0 Å². The van der Waals surface area contributed by atoms with Gasteiger partial charge in [-0.15, -0.1) is 0 Å². The number of nitrogens with zero attached hydrogens (tertiary/aromatic N) is 1. The summed E-state index contributed by atoms with van der Waals surface area (Å²) in [6.07, 6.45) is 14.4. The third-order valence-corrected chi connectivity index (χ3v) is 4.79. The Morgan fingerprint density at radius 1 is 0.833 bits per heavy atom. The minimum absolute atomic E-state index is 0.863. The van der Waals surface area contributed by atoms with Gasteiger partial charge in [0, 0.05) is 25.2 Å². The Kier molecular flexibility index (Phi) is 6.50. The number of hydrogen-bond acceptors (Lipinski definition) is 2. The number of rotatable bonds is 6. The maximum atomic E-state index is 5.60. The SMILES string of the molecule is CCOCCN(C1CCCCC1)C1CCCCC1. The van der Waals surface area contributed by atoms with Gasteiger partial charge in [-0.25, -0.2) is 0 Å². The first-order chi connectivity index (χ1) is 8.92. The predicted octanol–water partition coefficient (Wildman–Crippen LogP) is 3.99. The molecule has 0 N–H and O–H groups in total. The monoisotopic (exact) mass is 253 g/mol. The molecule has 0 bridgehead atoms. The van der Waals surface area contributed by atoms with Crippen molar-refractivity contribution in [1.82, 2.24) is 4.90 Å². The van der Waals surface area contributed by atoms with E-state index in [1.807, 2.05) is 0 Å². The maximum absolute atomic E-state index is 5.60. The van der Waals surface area contributed by atoms with E-state index in [4.69, 9.17) is 4.74 Å². The van der Waals surface area contributed by atoms with E-state index >= 15 is 0 Å². The third-order valence-electron chi connectivity index (χ3n) is 4.79. The Balaban J connectivity index is 1.87.